The molecule has 0 aliphatic carbocycles. The van der Waals surface area contributed by atoms with Crippen molar-refractivity contribution in [1.29, 1.82) is 0 Å². The molecular weight excluding hydrogens is 306 g/mol. The molecule has 0 saturated carbocycles. The van der Waals surface area contributed by atoms with E-state index in [9.17, 15) is 0 Å². The van der Waals surface area contributed by atoms with Crippen LogP contribution in [0.15, 0.2) is 34.8 Å². The molecule has 2 heterocycles. The molecule has 1 aromatic carbocycles. The van der Waals surface area contributed by atoms with Gasteiger partial charge in [0.2, 0.25) is 5.82 Å². The highest BCUT2D eigenvalue weighted by atomic mass is 79.9. The number of halogens is 1. The van der Waals surface area contributed by atoms with Crippen molar-refractivity contribution in [3.05, 3.63) is 40.6 Å². The Labute approximate surface area is 118 Å². The van der Waals surface area contributed by atoms with E-state index in [2.05, 4.69) is 36.1 Å². The molecule has 6 heteroatoms. The van der Waals surface area contributed by atoms with Crippen molar-refractivity contribution in [1.82, 2.24) is 20.2 Å². The van der Waals surface area contributed by atoms with Crippen molar-refractivity contribution >= 4 is 26.8 Å². The molecule has 3 aromatic rings. The Morgan fingerprint density at radius 1 is 1.21 bits per heavy atom. The quantitative estimate of drug-likeness (QED) is 0.776. The third kappa shape index (κ3) is 2.36. The second-order valence-corrected chi connectivity index (χ2v) is 5.01. The molecule has 3 rings (SSSR count). The summed E-state index contributed by atoms with van der Waals surface area (Å²) in [5, 5.41) is 8.15. The highest BCUT2D eigenvalue weighted by Gasteiger charge is 2.12. The number of pyridine rings is 1. The van der Waals surface area contributed by atoms with Gasteiger partial charge in [-0.15, -0.1) is 0 Å². The van der Waals surface area contributed by atoms with E-state index < -0.39 is 0 Å². The number of para-hydroxylation sites is 1. The van der Waals surface area contributed by atoms with Gasteiger partial charge in [0.05, 0.1) is 5.52 Å². The SMILES string of the molecule is NCCc1nc(-c2nc3ccccc3cc2Br)n[nH]1. The van der Waals surface area contributed by atoms with Crippen LogP contribution in [0.4, 0.5) is 0 Å². The lowest BCUT2D eigenvalue weighted by Crippen LogP contribution is -2.03. The maximum atomic E-state index is 5.50. The van der Waals surface area contributed by atoms with Gasteiger partial charge in [-0.2, -0.15) is 5.10 Å². The first-order valence-electron chi connectivity index (χ1n) is 5.95. The number of aromatic amines is 1. The fourth-order valence-corrected chi connectivity index (χ4v) is 2.41. The minimum Gasteiger partial charge on any atom is -0.330 e. The number of hydrogen-bond donors (Lipinski definition) is 2. The molecular formula is C13H12BrN5. The molecule has 5 nitrogen and oxygen atoms in total. The summed E-state index contributed by atoms with van der Waals surface area (Å²) in [5.74, 6) is 1.36. The van der Waals surface area contributed by atoms with Gasteiger partial charge < -0.3 is 5.73 Å². The molecule has 0 fully saturated rings. The third-order valence-corrected chi connectivity index (χ3v) is 3.41. The number of hydrogen-bond acceptors (Lipinski definition) is 4. The molecule has 2 aromatic heterocycles. The maximum Gasteiger partial charge on any atom is 0.200 e. The predicted octanol–water partition coefficient (Wildman–Crippen LogP) is 2.28. The summed E-state index contributed by atoms with van der Waals surface area (Å²) >= 11 is 3.52. The van der Waals surface area contributed by atoms with Gasteiger partial charge in [-0.1, -0.05) is 18.2 Å². The zero-order valence-electron chi connectivity index (χ0n) is 10.1. The average molecular weight is 318 g/mol. The molecule has 3 N–H and O–H groups in total. The molecule has 0 saturated heterocycles. The van der Waals surface area contributed by atoms with Crippen LogP contribution in [0.5, 0.6) is 0 Å². The smallest absolute Gasteiger partial charge is 0.200 e. The average Bonchev–Trinajstić information content (AvgIpc) is 2.87. The highest BCUT2D eigenvalue weighted by molar-refractivity contribution is 9.10. The van der Waals surface area contributed by atoms with Crippen LogP contribution in [0.25, 0.3) is 22.4 Å². The summed E-state index contributed by atoms with van der Waals surface area (Å²) in [6.45, 7) is 0.543. The molecule has 0 atom stereocenters. The predicted molar refractivity (Wildman–Crippen MR) is 77.6 cm³/mol. The molecule has 0 aliphatic heterocycles. The first kappa shape index (κ1) is 12.3. The van der Waals surface area contributed by atoms with E-state index in [1.807, 2.05) is 30.3 Å². The van der Waals surface area contributed by atoms with E-state index in [1.54, 1.807) is 0 Å². The van der Waals surface area contributed by atoms with E-state index in [1.165, 1.54) is 0 Å². The number of benzene rings is 1. The van der Waals surface area contributed by atoms with Crippen LogP contribution in [0.1, 0.15) is 5.82 Å². The van der Waals surface area contributed by atoms with Crippen molar-refractivity contribution in [2.24, 2.45) is 5.73 Å². The summed E-state index contributed by atoms with van der Waals surface area (Å²) < 4.78 is 0.879. The normalized spacial score (nSPS) is 11.1. The summed E-state index contributed by atoms with van der Waals surface area (Å²) in [6, 6.07) is 9.97. The van der Waals surface area contributed by atoms with E-state index in [-0.39, 0.29) is 0 Å². The number of nitrogens with one attached hydrogen (secondary N) is 1. The maximum absolute atomic E-state index is 5.50. The lowest BCUT2D eigenvalue weighted by molar-refractivity contribution is 0.874. The van der Waals surface area contributed by atoms with Crippen LogP contribution in [0.2, 0.25) is 0 Å². The molecule has 96 valence electrons. The number of aromatic nitrogens is 4. The van der Waals surface area contributed by atoms with Crippen molar-refractivity contribution in [2.75, 3.05) is 6.54 Å². The second kappa shape index (κ2) is 5.07. The lowest BCUT2D eigenvalue weighted by atomic mass is 10.2. The highest BCUT2D eigenvalue weighted by Crippen LogP contribution is 2.27. The fraction of sp³-hybridized carbons (Fsp3) is 0.154. The van der Waals surface area contributed by atoms with E-state index >= 15 is 0 Å². The molecule has 0 bridgehead atoms. The van der Waals surface area contributed by atoms with Gasteiger partial charge in [-0.05, 0) is 34.6 Å². The Hall–Kier alpha value is -1.79. The van der Waals surface area contributed by atoms with Gasteiger partial charge in [0.25, 0.3) is 0 Å². The molecule has 0 aliphatic rings. The molecule has 19 heavy (non-hydrogen) atoms. The first-order valence-corrected chi connectivity index (χ1v) is 6.74. The van der Waals surface area contributed by atoms with Crippen molar-refractivity contribution in [2.45, 2.75) is 6.42 Å². The van der Waals surface area contributed by atoms with Gasteiger partial charge >= 0.3 is 0 Å². The van der Waals surface area contributed by atoms with Crippen molar-refractivity contribution < 1.29 is 0 Å². The monoisotopic (exact) mass is 317 g/mol. The lowest BCUT2D eigenvalue weighted by Gasteiger charge is -2.02. The number of nitrogens with two attached hydrogens (primary N) is 1. The first-order chi connectivity index (χ1) is 9.28. The minimum atomic E-state index is 0.543. The molecule has 0 radical (unpaired) electrons. The van der Waals surface area contributed by atoms with E-state index in [0.717, 1.165) is 26.9 Å². The van der Waals surface area contributed by atoms with Gasteiger partial charge in [0.15, 0.2) is 0 Å². The van der Waals surface area contributed by atoms with Gasteiger partial charge in [0, 0.05) is 16.3 Å². The zero-order chi connectivity index (χ0) is 13.2. The minimum absolute atomic E-state index is 0.543. The second-order valence-electron chi connectivity index (χ2n) is 4.16. The van der Waals surface area contributed by atoms with Crippen LogP contribution in [-0.2, 0) is 6.42 Å². The van der Waals surface area contributed by atoms with Crippen LogP contribution >= 0.6 is 15.9 Å². The molecule has 0 amide bonds. The number of fused-ring (bicyclic) bond motifs is 1. The summed E-state index contributed by atoms with van der Waals surface area (Å²) in [6.07, 6.45) is 0.679. The Morgan fingerprint density at radius 2 is 2.05 bits per heavy atom. The van der Waals surface area contributed by atoms with Gasteiger partial charge in [-0.3, -0.25) is 5.10 Å². The van der Waals surface area contributed by atoms with Crippen molar-refractivity contribution in [3.8, 4) is 11.5 Å². The summed E-state index contributed by atoms with van der Waals surface area (Å²) in [4.78, 5) is 8.99. The zero-order valence-corrected chi connectivity index (χ0v) is 11.7. The Balaban J connectivity index is 2.10. The fourth-order valence-electron chi connectivity index (χ4n) is 1.90. The largest absolute Gasteiger partial charge is 0.330 e. The molecule has 0 spiro atoms. The summed E-state index contributed by atoms with van der Waals surface area (Å²) in [5.41, 5.74) is 7.16. The Kier molecular flexibility index (Phi) is 3.27. The standard InChI is InChI=1S/C13H12BrN5/c14-9-7-8-3-1-2-4-10(8)16-12(9)13-17-11(5-6-15)18-19-13/h1-4,7H,5-6,15H2,(H,17,18,19). The third-order valence-electron chi connectivity index (χ3n) is 2.80. The number of nitrogens with zero attached hydrogens (tertiary/aromatic N) is 3. The van der Waals surface area contributed by atoms with Crippen molar-refractivity contribution in [3.63, 3.8) is 0 Å². The van der Waals surface area contributed by atoms with Crippen LogP contribution in [0.3, 0.4) is 0 Å². The van der Waals surface area contributed by atoms with Crippen LogP contribution in [-0.4, -0.2) is 26.7 Å². The number of rotatable bonds is 3. The van der Waals surface area contributed by atoms with E-state index in [0.29, 0.717) is 18.8 Å². The van der Waals surface area contributed by atoms with Gasteiger partial charge in [0.1, 0.15) is 11.5 Å². The number of H-pyrrole nitrogens is 1. The Bertz CT molecular complexity index is 722. The topological polar surface area (TPSA) is 80.5 Å². The van der Waals surface area contributed by atoms with E-state index in [4.69, 9.17) is 5.73 Å². The Morgan fingerprint density at radius 3 is 2.89 bits per heavy atom. The van der Waals surface area contributed by atoms with Crippen LogP contribution < -0.4 is 5.73 Å². The molecule has 0 unspecified atom stereocenters. The van der Waals surface area contributed by atoms with Crippen LogP contribution in [0, 0.1) is 0 Å². The van der Waals surface area contributed by atoms with Gasteiger partial charge in [-0.25, -0.2) is 9.97 Å². The summed E-state index contributed by atoms with van der Waals surface area (Å²) in [7, 11) is 0.